The summed E-state index contributed by atoms with van der Waals surface area (Å²) in [5, 5.41) is 8.77. The second-order valence-corrected chi connectivity index (χ2v) is 3.59. The van der Waals surface area contributed by atoms with Gasteiger partial charge in [0, 0.05) is 0 Å². The number of unbranched alkanes of at least 4 members (excludes halogenated alkanes) is 1. The van der Waals surface area contributed by atoms with E-state index in [1.54, 1.807) is 6.92 Å². The van der Waals surface area contributed by atoms with Gasteiger partial charge in [0.15, 0.2) is 5.78 Å². The normalized spacial score (nSPS) is 14.6. The van der Waals surface area contributed by atoms with Crippen molar-refractivity contribution in [2.24, 2.45) is 17.4 Å². The molecule has 0 saturated heterocycles. The largest absolute Gasteiger partial charge is 0.481 e. The minimum Gasteiger partial charge on any atom is -0.481 e. The van der Waals surface area contributed by atoms with Crippen LogP contribution in [0.2, 0.25) is 0 Å². The SMILES string of the molecule is CCC(C(=O)O)C(=O)[C@@H](N)CCCCN. The third-order valence-corrected chi connectivity index (χ3v) is 2.38. The van der Waals surface area contributed by atoms with Crippen LogP contribution in [0.3, 0.4) is 0 Å². The molecule has 0 saturated carbocycles. The maximum absolute atomic E-state index is 11.6. The molecule has 0 aromatic heterocycles. The van der Waals surface area contributed by atoms with Crippen LogP contribution in [0.4, 0.5) is 0 Å². The van der Waals surface area contributed by atoms with E-state index in [1.165, 1.54) is 0 Å². The second-order valence-electron chi connectivity index (χ2n) is 3.59. The lowest BCUT2D eigenvalue weighted by atomic mass is 9.93. The van der Waals surface area contributed by atoms with E-state index < -0.39 is 17.9 Å². The van der Waals surface area contributed by atoms with E-state index in [4.69, 9.17) is 16.6 Å². The second kappa shape index (κ2) is 7.36. The van der Waals surface area contributed by atoms with Gasteiger partial charge in [0.05, 0.1) is 6.04 Å². The van der Waals surface area contributed by atoms with Crippen molar-refractivity contribution in [3.05, 3.63) is 0 Å². The maximum Gasteiger partial charge on any atom is 0.314 e. The van der Waals surface area contributed by atoms with Crippen molar-refractivity contribution < 1.29 is 14.7 Å². The zero-order valence-corrected chi connectivity index (χ0v) is 9.11. The van der Waals surface area contributed by atoms with Gasteiger partial charge in [-0.05, 0) is 25.8 Å². The van der Waals surface area contributed by atoms with Crippen LogP contribution in [-0.2, 0) is 9.59 Å². The number of ketones is 1. The number of aliphatic carboxylic acids is 1. The third kappa shape index (κ3) is 4.90. The molecule has 0 aromatic rings. The molecule has 0 rings (SSSR count). The molecule has 0 spiro atoms. The van der Waals surface area contributed by atoms with Gasteiger partial charge in [-0.1, -0.05) is 13.3 Å². The van der Waals surface area contributed by atoms with E-state index in [1.807, 2.05) is 0 Å². The van der Waals surface area contributed by atoms with Gasteiger partial charge in [0.25, 0.3) is 0 Å². The van der Waals surface area contributed by atoms with Crippen LogP contribution in [0.15, 0.2) is 0 Å². The van der Waals surface area contributed by atoms with Crippen LogP contribution in [0.1, 0.15) is 32.6 Å². The Bertz CT molecular complexity index is 219. The van der Waals surface area contributed by atoms with Gasteiger partial charge in [-0.15, -0.1) is 0 Å². The molecule has 0 aliphatic rings. The van der Waals surface area contributed by atoms with Crippen molar-refractivity contribution in [3.8, 4) is 0 Å². The van der Waals surface area contributed by atoms with E-state index in [2.05, 4.69) is 0 Å². The fourth-order valence-corrected chi connectivity index (χ4v) is 1.41. The van der Waals surface area contributed by atoms with Crippen LogP contribution < -0.4 is 11.5 Å². The fourth-order valence-electron chi connectivity index (χ4n) is 1.41. The summed E-state index contributed by atoms with van der Waals surface area (Å²) in [6.45, 7) is 2.24. The van der Waals surface area contributed by atoms with Gasteiger partial charge >= 0.3 is 5.97 Å². The molecule has 0 bridgehead atoms. The molecule has 0 aromatic carbocycles. The molecule has 5 nitrogen and oxygen atoms in total. The highest BCUT2D eigenvalue weighted by atomic mass is 16.4. The first-order chi connectivity index (χ1) is 7.04. The molecule has 2 atom stereocenters. The lowest BCUT2D eigenvalue weighted by molar-refractivity contribution is -0.146. The van der Waals surface area contributed by atoms with Crippen LogP contribution in [0.5, 0.6) is 0 Å². The smallest absolute Gasteiger partial charge is 0.314 e. The molecular weight excluding hydrogens is 196 g/mol. The Labute approximate surface area is 89.8 Å². The third-order valence-electron chi connectivity index (χ3n) is 2.38. The van der Waals surface area contributed by atoms with Crippen molar-refractivity contribution in [1.29, 1.82) is 0 Å². The van der Waals surface area contributed by atoms with E-state index >= 15 is 0 Å². The monoisotopic (exact) mass is 216 g/mol. The Morgan fingerprint density at radius 3 is 2.33 bits per heavy atom. The quantitative estimate of drug-likeness (QED) is 0.395. The van der Waals surface area contributed by atoms with Crippen molar-refractivity contribution >= 4 is 11.8 Å². The number of carboxylic acids is 1. The summed E-state index contributed by atoms with van der Waals surface area (Å²) < 4.78 is 0. The van der Waals surface area contributed by atoms with Gasteiger partial charge < -0.3 is 16.6 Å². The predicted octanol–water partition coefficient (Wildman–Crippen LogP) is 0.123. The Morgan fingerprint density at radius 2 is 1.93 bits per heavy atom. The number of Topliss-reactive ketones (excluding diaryl/α,β-unsaturated/α-hetero) is 1. The highest BCUT2D eigenvalue weighted by Crippen LogP contribution is 2.10. The Balaban J connectivity index is 4.11. The van der Waals surface area contributed by atoms with Gasteiger partial charge in [0.2, 0.25) is 0 Å². The van der Waals surface area contributed by atoms with E-state index in [-0.39, 0.29) is 5.78 Å². The number of carbonyl (C=O) groups excluding carboxylic acids is 1. The molecule has 5 heteroatoms. The zero-order valence-electron chi connectivity index (χ0n) is 9.11. The lowest BCUT2D eigenvalue weighted by Crippen LogP contribution is -2.38. The van der Waals surface area contributed by atoms with Crippen LogP contribution in [0.25, 0.3) is 0 Å². The van der Waals surface area contributed by atoms with Crippen molar-refractivity contribution in [1.82, 2.24) is 0 Å². The first-order valence-electron chi connectivity index (χ1n) is 5.26. The average Bonchev–Trinajstić information content (AvgIpc) is 2.18. The first-order valence-corrected chi connectivity index (χ1v) is 5.26. The topological polar surface area (TPSA) is 106 Å². The number of rotatable bonds is 8. The zero-order chi connectivity index (χ0) is 11.8. The van der Waals surface area contributed by atoms with Crippen LogP contribution >= 0.6 is 0 Å². The van der Waals surface area contributed by atoms with Crippen molar-refractivity contribution in [3.63, 3.8) is 0 Å². The molecule has 0 radical (unpaired) electrons. The number of nitrogens with two attached hydrogens (primary N) is 2. The fraction of sp³-hybridized carbons (Fsp3) is 0.800. The van der Waals surface area contributed by atoms with Crippen LogP contribution in [0, 0.1) is 5.92 Å². The van der Waals surface area contributed by atoms with Gasteiger partial charge in [0.1, 0.15) is 5.92 Å². The molecule has 0 fully saturated rings. The highest BCUT2D eigenvalue weighted by Gasteiger charge is 2.28. The first kappa shape index (κ1) is 14.1. The standard InChI is InChI=1S/C10H20N2O3/c1-2-7(10(14)15)9(13)8(12)5-3-4-6-11/h7-8H,2-6,11-12H2,1H3,(H,14,15)/t7?,8-/m0/s1. The van der Waals surface area contributed by atoms with Crippen molar-refractivity contribution in [2.45, 2.75) is 38.6 Å². The van der Waals surface area contributed by atoms with E-state index in [0.717, 1.165) is 12.8 Å². The summed E-state index contributed by atoms with van der Waals surface area (Å²) >= 11 is 0. The van der Waals surface area contributed by atoms with Crippen molar-refractivity contribution in [2.75, 3.05) is 6.54 Å². The molecule has 0 aliphatic heterocycles. The van der Waals surface area contributed by atoms with E-state index in [9.17, 15) is 9.59 Å². The Hall–Kier alpha value is -0.940. The minimum absolute atomic E-state index is 0.290. The molecule has 0 amide bonds. The van der Waals surface area contributed by atoms with E-state index in [0.29, 0.717) is 19.4 Å². The summed E-state index contributed by atoms with van der Waals surface area (Å²) in [6, 6.07) is -0.669. The highest BCUT2D eigenvalue weighted by molar-refractivity contribution is 6.00. The molecular formula is C10H20N2O3. The van der Waals surface area contributed by atoms with Crippen LogP contribution in [-0.4, -0.2) is 29.4 Å². The summed E-state index contributed by atoms with van der Waals surface area (Å²) in [6.07, 6.45) is 2.38. The Kier molecular flexibility index (Phi) is 6.90. The number of hydrogen-bond acceptors (Lipinski definition) is 4. The number of carboxylic acid groups (broad SMARTS) is 1. The summed E-state index contributed by atoms with van der Waals surface area (Å²) in [5.41, 5.74) is 10.9. The Morgan fingerprint density at radius 1 is 1.33 bits per heavy atom. The molecule has 5 N–H and O–H groups in total. The maximum atomic E-state index is 11.6. The number of hydrogen-bond donors (Lipinski definition) is 3. The molecule has 0 aliphatic carbocycles. The summed E-state index contributed by atoms with van der Waals surface area (Å²) in [7, 11) is 0. The summed E-state index contributed by atoms with van der Waals surface area (Å²) in [4.78, 5) is 22.3. The molecule has 0 heterocycles. The van der Waals surface area contributed by atoms with Gasteiger partial charge in [-0.25, -0.2) is 0 Å². The average molecular weight is 216 g/mol. The molecule has 15 heavy (non-hydrogen) atoms. The predicted molar refractivity (Wildman–Crippen MR) is 57.3 cm³/mol. The van der Waals surface area contributed by atoms with Gasteiger partial charge in [-0.3, -0.25) is 9.59 Å². The van der Waals surface area contributed by atoms with Gasteiger partial charge in [-0.2, -0.15) is 0 Å². The number of carbonyl (C=O) groups is 2. The minimum atomic E-state index is -1.09. The lowest BCUT2D eigenvalue weighted by Gasteiger charge is -2.14. The molecule has 1 unspecified atom stereocenters. The molecule has 88 valence electrons. The summed E-state index contributed by atoms with van der Waals surface area (Å²) in [5.74, 6) is -2.42.